The van der Waals surface area contributed by atoms with Gasteiger partial charge in [-0.3, -0.25) is 14.4 Å². The number of fused-ring (bicyclic) bond motifs is 2. The van der Waals surface area contributed by atoms with Crippen LogP contribution < -0.4 is 0 Å². The molecule has 4 aliphatic carbocycles. The van der Waals surface area contributed by atoms with E-state index in [4.69, 9.17) is 56.5 Å². The highest BCUT2D eigenvalue weighted by atomic mass is 17.0. The van der Waals surface area contributed by atoms with Gasteiger partial charge in [-0.05, 0) is 38.7 Å². The Bertz CT molecular complexity index is 2000. The number of hydrogen-bond acceptors (Lipinski definition) is 18. The maximum atomic E-state index is 14.4. The first kappa shape index (κ1) is 41.2. The van der Waals surface area contributed by atoms with Crippen LogP contribution in [-0.4, -0.2) is 125 Å². The van der Waals surface area contributed by atoms with Gasteiger partial charge in [0, 0.05) is 55.6 Å². The summed E-state index contributed by atoms with van der Waals surface area (Å²) >= 11 is 0. The minimum absolute atomic E-state index is 0.00630. The van der Waals surface area contributed by atoms with E-state index in [1.54, 1.807) is 47.6 Å². The van der Waals surface area contributed by atoms with Crippen molar-refractivity contribution in [3.8, 4) is 0 Å². The fraction of sp³-hybridized carbons (Fsp3) is 0.805. The highest BCUT2D eigenvalue weighted by molar-refractivity contribution is 5.83. The Labute approximate surface area is 340 Å². The molecule has 4 saturated heterocycles. The maximum absolute atomic E-state index is 14.4. The Kier molecular flexibility index (Phi) is 8.25. The molecule has 5 heterocycles. The normalized spacial score (nSPS) is 53.3. The molecule has 2 spiro atoms. The third-order valence-electron chi connectivity index (χ3n) is 16.4. The van der Waals surface area contributed by atoms with E-state index in [-0.39, 0.29) is 25.7 Å². The first-order valence-electron chi connectivity index (χ1n) is 20.1. The van der Waals surface area contributed by atoms with Crippen molar-refractivity contribution in [2.75, 3.05) is 21.3 Å². The number of hydrogen-bond donors (Lipinski definition) is 2. The Hall–Kier alpha value is -3.20. The van der Waals surface area contributed by atoms with Crippen LogP contribution >= 0.6 is 0 Å². The van der Waals surface area contributed by atoms with Crippen LogP contribution in [0.4, 0.5) is 0 Å². The zero-order chi connectivity index (χ0) is 43.0. The van der Waals surface area contributed by atoms with E-state index in [0.29, 0.717) is 5.56 Å². The number of aliphatic hydroxyl groups is 2. The van der Waals surface area contributed by atoms with Gasteiger partial charge in [0.15, 0.2) is 16.8 Å². The van der Waals surface area contributed by atoms with Crippen molar-refractivity contribution in [2.24, 2.45) is 22.2 Å². The van der Waals surface area contributed by atoms with Gasteiger partial charge in [-0.15, -0.1) is 0 Å². The van der Waals surface area contributed by atoms with Crippen molar-refractivity contribution in [1.82, 2.24) is 0 Å². The molecule has 9 rings (SSSR count). The number of methoxy groups -OCH3 is 3. The molecule has 17 atom stereocenters. The molecule has 0 amide bonds. The van der Waals surface area contributed by atoms with Crippen LogP contribution in [0, 0.1) is 22.2 Å². The zero-order valence-corrected chi connectivity index (χ0v) is 35.2. The second-order valence-corrected chi connectivity index (χ2v) is 18.8. The summed E-state index contributed by atoms with van der Waals surface area (Å²) in [6.07, 6.45) is -5.26. The van der Waals surface area contributed by atoms with Gasteiger partial charge in [0.05, 0.1) is 45.4 Å². The lowest BCUT2D eigenvalue weighted by Crippen LogP contribution is -2.97. The lowest BCUT2D eigenvalue weighted by Gasteiger charge is -2.78. The topological polar surface area (TPSA) is 227 Å². The minimum atomic E-state index is -2.29. The third kappa shape index (κ3) is 4.15. The molecular weight excluding hydrogens is 780 g/mol. The van der Waals surface area contributed by atoms with Gasteiger partial charge in [-0.25, -0.2) is 4.79 Å². The van der Waals surface area contributed by atoms with Crippen molar-refractivity contribution in [1.29, 1.82) is 0 Å². The van der Waals surface area contributed by atoms with Gasteiger partial charge in [0.2, 0.25) is 0 Å². The predicted octanol–water partition coefficient (Wildman–Crippen LogP) is 2.49. The van der Waals surface area contributed by atoms with E-state index in [1.165, 1.54) is 47.7 Å². The summed E-state index contributed by atoms with van der Waals surface area (Å²) in [7, 11) is 3.79. The highest BCUT2D eigenvalue weighted by Gasteiger charge is 3.07. The lowest BCUT2D eigenvalue weighted by molar-refractivity contribution is -0.468. The summed E-state index contributed by atoms with van der Waals surface area (Å²) in [6.45, 7) is 12.9. The van der Waals surface area contributed by atoms with Gasteiger partial charge < -0.3 is 66.7 Å². The molecule has 4 aliphatic heterocycles. The average molecular weight is 835 g/mol. The smallest absolute Gasteiger partial charge is 0.341 e. The molecule has 8 aliphatic rings. The van der Waals surface area contributed by atoms with Crippen LogP contribution in [0.1, 0.15) is 99.2 Å². The Balaban J connectivity index is 1.42. The van der Waals surface area contributed by atoms with E-state index >= 15 is 0 Å². The molecule has 18 nitrogen and oxygen atoms in total. The molecule has 59 heavy (non-hydrogen) atoms. The molecular formula is C41H54O18. The van der Waals surface area contributed by atoms with Crippen molar-refractivity contribution in [2.45, 2.75) is 164 Å². The zero-order valence-electron chi connectivity index (χ0n) is 35.2. The monoisotopic (exact) mass is 834 g/mol. The Morgan fingerprint density at radius 3 is 2.17 bits per heavy atom. The van der Waals surface area contributed by atoms with E-state index in [2.05, 4.69) is 0 Å². The summed E-state index contributed by atoms with van der Waals surface area (Å²) in [5, 5.41) is 27.5. The number of ether oxygens (including phenoxy) is 11. The van der Waals surface area contributed by atoms with Gasteiger partial charge in [-0.2, -0.15) is 0 Å². The molecule has 0 aromatic carbocycles. The van der Waals surface area contributed by atoms with Crippen molar-refractivity contribution in [3.05, 3.63) is 24.2 Å². The average Bonchev–Trinajstić information content (AvgIpc) is 3.77. The molecule has 18 heteroatoms. The number of epoxide rings is 1. The molecule has 1 aromatic rings. The Morgan fingerprint density at radius 2 is 1.61 bits per heavy atom. The molecule has 2 N–H and O–H groups in total. The Morgan fingerprint density at radius 1 is 0.949 bits per heavy atom. The summed E-state index contributed by atoms with van der Waals surface area (Å²) in [5.74, 6) is -8.04. The van der Waals surface area contributed by atoms with Crippen molar-refractivity contribution >= 4 is 23.9 Å². The SMILES string of the molecule is CCC1(OC)OC2C3(O1)C(OC(=O)C1(C)OC1C)C1(C)CC3(O)C(C)(C1CC(=O)OC)C13OC4(C)OC(CC(=O)OC)(C(C)(C(OC(C)=O)c5ccoc5)CC1O)C23O4. The van der Waals surface area contributed by atoms with Crippen molar-refractivity contribution < 1.29 is 85.9 Å². The number of carbonyl (C=O) groups excluding carboxylic acids is 4. The van der Waals surface area contributed by atoms with Crippen LogP contribution in [0.25, 0.3) is 0 Å². The molecule has 8 fully saturated rings. The summed E-state index contributed by atoms with van der Waals surface area (Å²) < 4.78 is 76.4. The largest absolute Gasteiger partial charge is 0.472 e. The van der Waals surface area contributed by atoms with Gasteiger partial charge in [-0.1, -0.05) is 27.7 Å². The standard InChI is InChI=1S/C41H54O18/c1-12-38(50-11)55-29-39(59-38)28(53-30(46)33(6)20(2)54-33)31(4)19-36(39,47)34(7,23(31)15-25(44)48-9)40-24(43)16-32(5,27(52-21(3)42)22-13-14-51-18-22)37(17-26(45)49-10)41(29,40)58-35(8,56-37)57-40/h13-14,18,20,23-24,27-29,43,47H,12,15-17,19H2,1-11H3. The first-order chi connectivity index (χ1) is 27.5. The van der Waals surface area contributed by atoms with Gasteiger partial charge >= 0.3 is 23.9 Å². The summed E-state index contributed by atoms with van der Waals surface area (Å²) in [6, 6.07) is 1.59. The fourth-order valence-corrected chi connectivity index (χ4v) is 14.0. The number of aliphatic hydroxyl groups excluding tert-OH is 1. The molecule has 4 saturated carbocycles. The quantitative estimate of drug-likeness (QED) is 0.185. The lowest BCUT2D eigenvalue weighted by atomic mass is 9.32. The summed E-state index contributed by atoms with van der Waals surface area (Å²) in [4.78, 5) is 55.4. The maximum Gasteiger partial charge on any atom is 0.341 e. The van der Waals surface area contributed by atoms with Crippen LogP contribution in [0.2, 0.25) is 0 Å². The van der Waals surface area contributed by atoms with E-state index < -0.39 is 129 Å². The second-order valence-electron chi connectivity index (χ2n) is 18.8. The molecule has 1 aromatic heterocycles. The van der Waals surface area contributed by atoms with E-state index in [1.807, 2.05) is 0 Å². The van der Waals surface area contributed by atoms with Gasteiger partial charge in [0.25, 0.3) is 11.9 Å². The fourth-order valence-electron chi connectivity index (χ4n) is 14.0. The third-order valence-corrected chi connectivity index (χ3v) is 16.4. The van der Waals surface area contributed by atoms with Gasteiger partial charge in [0.1, 0.15) is 35.1 Å². The van der Waals surface area contributed by atoms with E-state index in [0.717, 1.165) is 0 Å². The molecule has 4 bridgehead atoms. The van der Waals surface area contributed by atoms with Crippen LogP contribution in [0.15, 0.2) is 23.0 Å². The summed E-state index contributed by atoms with van der Waals surface area (Å²) in [5.41, 5.74) is -16.8. The number of esters is 4. The van der Waals surface area contributed by atoms with Crippen LogP contribution in [-0.2, 0) is 71.3 Å². The highest BCUT2D eigenvalue weighted by Crippen LogP contribution is 2.90. The number of carbonyl (C=O) groups is 4. The van der Waals surface area contributed by atoms with Crippen LogP contribution in [0.3, 0.4) is 0 Å². The van der Waals surface area contributed by atoms with Crippen LogP contribution in [0.5, 0.6) is 0 Å². The first-order valence-corrected chi connectivity index (χ1v) is 20.1. The van der Waals surface area contributed by atoms with Crippen molar-refractivity contribution in [3.63, 3.8) is 0 Å². The molecule has 0 radical (unpaired) electrons. The second kappa shape index (κ2) is 11.8. The predicted molar refractivity (Wildman–Crippen MR) is 192 cm³/mol. The minimum Gasteiger partial charge on any atom is -0.472 e. The number of rotatable bonds is 11. The van der Waals surface area contributed by atoms with E-state index in [9.17, 15) is 29.4 Å². The molecule has 17 unspecified atom stereocenters. The number of furan rings is 1. The molecule has 326 valence electrons.